The first kappa shape index (κ1) is 20.0. The van der Waals surface area contributed by atoms with E-state index < -0.39 is 10.0 Å². The van der Waals surface area contributed by atoms with E-state index in [1.165, 1.54) is 0 Å². The van der Waals surface area contributed by atoms with E-state index in [1.54, 1.807) is 23.5 Å². The average molecular weight is 431 g/mol. The Kier molecular flexibility index (Phi) is 5.42. The third kappa shape index (κ3) is 3.92. The van der Waals surface area contributed by atoms with Gasteiger partial charge in [0.2, 0.25) is 10.0 Å². The Morgan fingerprint density at radius 3 is 2.31 bits per heavy atom. The fourth-order valence-electron chi connectivity index (χ4n) is 3.73. The van der Waals surface area contributed by atoms with Gasteiger partial charge < -0.3 is 9.64 Å². The second-order valence-electron chi connectivity index (χ2n) is 7.20. The van der Waals surface area contributed by atoms with Gasteiger partial charge in [-0.3, -0.25) is 0 Å². The van der Waals surface area contributed by atoms with Crippen LogP contribution in [0.25, 0.3) is 10.8 Å². The highest BCUT2D eigenvalue weighted by molar-refractivity contribution is 7.89. The summed E-state index contributed by atoms with van der Waals surface area (Å²) in [6.07, 6.45) is 0. The Labute approximate surface area is 176 Å². The van der Waals surface area contributed by atoms with E-state index in [0.717, 1.165) is 27.8 Å². The van der Waals surface area contributed by atoms with Gasteiger partial charge >= 0.3 is 0 Å². The van der Waals surface area contributed by atoms with Crippen LogP contribution in [0.1, 0.15) is 5.56 Å². The van der Waals surface area contributed by atoms with Crippen molar-refractivity contribution >= 4 is 38.1 Å². The van der Waals surface area contributed by atoms with E-state index in [1.807, 2.05) is 49.4 Å². The van der Waals surface area contributed by atoms with Crippen LogP contribution < -0.4 is 9.64 Å². The van der Waals surface area contributed by atoms with Crippen LogP contribution in [0.3, 0.4) is 0 Å². The minimum Gasteiger partial charge on any atom is -0.497 e. The predicted octanol–water partition coefficient (Wildman–Crippen LogP) is 4.32. The standard InChI is InChI=1S/C22H23ClN2O3S/c1-16-3-6-19(23)15-22(16)24-9-11-25(12-10-24)29(26,27)21-8-5-17-13-20(28-2)7-4-18(17)14-21/h3-8,13-15H,9-12H2,1-2H3. The maximum atomic E-state index is 13.2. The van der Waals surface area contributed by atoms with Crippen LogP contribution in [0.2, 0.25) is 5.02 Å². The summed E-state index contributed by atoms with van der Waals surface area (Å²) in [5.74, 6) is 0.750. The summed E-state index contributed by atoms with van der Waals surface area (Å²) in [6, 6.07) is 16.7. The number of ether oxygens (including phenoxy) is 1. The number of sulfonamides is 1. The zero-order valence-corrected chi connectivity index (χ0v) is 18.0. The van der Waals surface area contributed by atoms with E-state index in [9.17, 15) is 8.42 Å². The number of hydrogen-bond acceptors (Lipinski definition) is 4. The first-order valence-corrected chi connectivity index (χ1v) is 11.3. The lowest BCUT2D eigenvalue weighted by Gasteiger charge is -2.36. The van der Waals surface area contributed by atoms with Gasteiger partial charge in [0.25, 0.3) is 0 Å². The number of methoxy groups -OCH3 is 1. The van der Waals surface area contributed by atoms with Crippen LogP contribution in [-0.4, -0.2) is 46.0 Å². The Bertz CT molecular complexity index is 1160. The molecule has 0 saturated carbocycles. The van der Waals surface area contributed by atoms with Gasteiger partial charge in [-0.1, -0.05) is 29.8 Å². The molecule has 0 amide bonds. The molecule has 1 saturated heterocycles. The molecule has 1 heterocycles. The normalized spacial score (nSPS) is 15.6. The molecule has 7 heteroatoms. The minimum absolute atomic E-state index is 0.322. The third-order valence-corrected chi connectivity index (χ3v) is 7.54. The molecule has 3 aromatic rings. The molecule has 0 spiro atoms. The summed E-state index contributed by atoms with van der Waals surface area (Å²) in [5, 5.41) is 2.51. The van der Waals surface area contributed by atoms with Crippen molar-refractivity contribution in [3.8, 4) is 5.75 Å². The average Bonchev–Trinajstić information content (AvgIpc) is 2.74. The molecular weight excluding hydrogens is 408 g/mol. The third-order valence-electron chi connectivity index (χ3n) is 5.41. The molecule has 0 N–H and O–H groups in total. The molecule has 0 aliphatic carbocycles. The molecular formula is C22H23ClN2O3S. The second-order valence-corrected chi connectivity index (χ2v) is 9.57. The highest BCUT2D eigenvalue weighted by Crippen LogP contribution is 2.28. The maximum Gasteiger partial charge on any atom is 0.243 e. The molecule has 0 unspecified atom stereocenters. The van der Waals surface area contributed by atoms with Crippen LogP contribution in [0, 0.1) is 6.92 Å². The molecule has 3 aromatic carbocycles. The summed E-state index contributed by atoms with van der Waals surface area (Å²) in [6.45, 7) is 4.18. The number of aryl methyl sites for hydroxylation is 1. The van der Waals surface area contributed by atoms with E-state index >= 15 is 0 Å². The lowest BCUT2D eigenvalue weighted by Crippen LogP contribution is -2.48. The number of benzene rings is 3. The van der Waals surface area contributed by atoms with Gasteiger partial charge in [0.15, 0.2) is 0 Å². The first-order chi connectivity index (χ1) is 13.9. The summed E-state index contributed by atoms with van der Waals surface area (Å²) in [7, 11) is -1.93. The number of anilines is 1. The number of fused-ring (bicyclic) bond motifs is 1. The van der Waals surface area contributed by atoms with Gasteiger partial charge in [-0.2, -0.15) is 4.31 Å². The van der Waals surface area contributed by atoms with Gasteiger partial charge in [-0.05, 0) is 59.7 Å². The highest BCUT2D eigenvalue weighted by Gasteiger charge is 2.29. The minimum atomic E-state index is -3.54. The second kappa shape index (κ2) is 7.86. The zero-order chi connectivity index (χ0) is 20.6. The van der Waals surface area contributed by atoms with E-state index in [2.05, 4.69) is 4.90 Å². The monoisotopic (exact) mass is 430 g/mol. The summed E-state index contributed by atoms with van der Waals surface area (Å²) in [4.78, 5) is 2.52. The van der Waals surface area contributed by atoms with Gasteiger partial charge in [-0.25, -0.2) is 8.42 Å². The summed E-state index contributed by atoms with van der Waals surface area (Å²) >= 11 is 6.14. The quantitative estimate of drug-likeness (QED) is 0.618. The largest absolute Gasteiger partial charge is 0.497 e. The molecule has 1 aliphatic heterocycles. The highest BCUT2D eigenvalue weighted by atomic mass is 35.5. The van der Waals surface area contributed by atoms with E-state index in [-0.39, 0.29) is 0 Å². The van der Waals surface area contributed by atoms with Crippen LogP contribution in [0.4, 0.5) is 5.69 Å². The number of piperazine rings is 1. The molecule has 5 nitrogen and oxygen atoms in total. The lowest BCUT2D eigenvalue weighted by atomic mass is 10.1. The van der Waals surface area contributed by atoms with Crippen molar-refractivity contribution in [2.24, 2.45) is 0 Å². The topological polar surface area (TPSA) is 49.9 Å². The van der Waals surface area contributed by atoms with Crippen LogP contribution in [0.5, 0.6) is 5.75 Å². The number of hydrogen-bond donors (Lipinski definition) is 0. The number of nitrogens with zero attached hydrogens (tertiary/aromatic N) is 2. The van der Waals surface area contributed by atoms with Crippen molar-refractivity contribution in [2.45, 2.75) is 11.8 Å². The zero-order valence-electron chi connectivity index (χ0n) is 16.4. The Morgan fingerprint density at radius 1 is 0.897 bits per heavy atom. The summed E-state index contributed by atoms with van der Waals surface area (Å²) < 4.78 is 33.2. The number of rotatable bonds is 4. The number of halogens is 1. The van der Waals surface area contributed by atoms with E-state index in [4.69, 9.17) is 16.3 Å². The SMILES string of the molecule is COc1ccc2cc(S(=O)(=O)N3CCN(c4cc(Cl)ccc4C)CC3)ccc2c1. The van der Waals surface area contributed by atoms with Gasteiger partial charge in [0, 0.05) is 36.9 Å². The first-order valence-electron chi connectivity index (χ1n) is 9.47. The fraction of sp³-hybridized carbons (Fsp3) is 0.273. The van der Waals surface area contributed by atoms with Gasteiger partial charge in [0.1, 0.15) is 5.75 Å². The van der Waals surface area contributed by atoms with Crippen molar-refractivity contribution < 1.29 is 13.2 Å². The summed E-state index contributed by atoms with van der Waals surface area (Å²) in [5.41, 5.74) is 2.20. The lowest BCUT2D eigenvalue weighted by molar-refractivity contribution is 0.385. The fourth-order valence-corrected chi connectivity index (χ4v) is 5.36. The Hall–Kier alpha value is -2.28. The molecule has 0 atom stereocenters. The van der Waals surface area contributed by atoms with Gasteiger partial charge in [0.05, 0.1) is 12.0 Å². The molecule has 4 rings (SSSR count). The molecule has 0 radical (unpaired) electrons. The van der Waals surface area contributed by atoms with Crippen molar-refractivity contribution in [3.05, 3.63) is 65.2 Å². The van der Waals surface area contributed by atoms with Crippen molar-refractivity contribution in [1.82, 2.24) is 4.31 Å². The van der Waals surface area contributed by atoms with Crippen LogP contribution in [0.15, 0.2) is 59.5 Å². The van der Waals surface area contributed by atoms with Crippen LogP contribution in [-0.2, 0) is 10.0 Å². The molecule has 152 valence electrons. The van der Waals surface area contributed by atoms with Crippen molar-refractivity contribution in [2.75, 3.05) is 38.2 Å². The Balaban J connectivity index is 1.54. The molecule has 29 heavy (non-hydrogen) atoms. The predicted molar refractivity (Wildman–Crippen MR) is 118 cm³/mol. The van der Waals surface area contributed by atoms with E-state index in [0.29, 0.717) is 36.1 Å². The molecule has 1 fully saturated rings. The van der Waals surface area contributed by atoms with Crippen molar-refractivity contribution in [1.29, 1.82) is 0 Å². The smallest absolute Gasteiger partial charge is 0.243 e. The Morgan fingerprint density at radius 2 is 1.59 bits per heavy atom. The van der Waals surface area contributed by atoms with Crippen molar-refractivity contribution in [3.63, 3.8) is 0 Å². The van der Waals surface area contributed by atoms with Gasteiger partial charge in [-0.15, -0.1) is 0 Å². The molecule has 0 bridgehead atoms. The molecule has 1 aliphatic rings. The molecule has 0 aromatic heterocycles. The maximum absolute atomic E-state index is 13.2. The van der Waals surface area contributed by atoms with Crippen LogP contribution >= 0.6 is 11.6 Å².